The van der Waals surface area contributed by atoms with Gasteiger partial charge in [0.1, 0.15) is 0 Å². The minimum Gasteiger partial charge on any atom is -0.354 e. The van der Waals surface area contributed by atoms with E-state index >= 15 is 0 Å². The van der Waals surface area contributed by atoms with Gasteiger partial charge in [0.05, 0.1) is 12.7 Å². The van der Waals surface area contributed by atoms with Crippen LogP contribution < -0.4 is 5.32 Å². The van der Waals surface area contributed by atoms with Gasteiger partial charge in [-0.25, -0.2) is 0 Å². The lowest BCUT2D eigenvalue weighted by molar-refractivity contribution is -0.122. The number of aryl methyl sites for hydroxylation is 1. The van der Waals surface area contributed by atoms with E-state index in [1.54, 1.807) is 4.68 Å². The third-order valence-corrected chi connectivity index (χ3v) is 4.95. The first-order valence-corrected chi connectivity index (χ1v) is 8.56. The van der Waals surface area contributed by atoms with Gasteiger partial charge in [0.2, 0.25) is 5.91 Å². The van der Waals surface area contributed by atoms with E-state index in [4.69, 9.17) is 0 Å². The van der Waals surface area contributed by atoms with Crippen molar-refractivity contribution in [3.8, 4) is 0 Å². The molecular weight excluding hydrogens is 300 g/mol. The SMILES string of the molecule is CN(CC(=O)NCC1(c2ccccc2)CCC1)Cc1cnn(C)c1. The Hall–Kier alpha value is -2.14. The Morgan fingerprint density at radius 1 is 1.33 bits per heavy atom. The Bertz CT molecular complexity index is 676. The number of likely N-dealkylation sites (N-methyl/N-ethyl adjacent to an activating group) is 1. The first-order chi connectivity index (χ1) is 11.6. The van der Waals surface area contributed by atoms with Crippen molar-refractivity contribution in [3.05, 3.63) is 53.9 Å². The van der Waals surface area contributed by atoms with Crippen molar-refractivity contribution in [2.24, 2.45) is 7.05 Å². The lowest BCUT2D eigenvalue weighted by Crippen LogP contribution is -2.47. The number of nitrogens with one attached hydrogen (secondary N) is 1. The summed E-state index contributed by atoms with van der Waals surface area (Å²) < 4.78 is 1.78. The molecule has 1 N–H and O–H groups in total. The molecule has 1 amide bonds. The van der Waals surface area contributed by atoms with E-state index in [1.807, 2.05) is 37.5 Å². The molecule has 1 aromatic heterocycles. The van der Waals surface area contributed by atoms with Crippen LogP contribution in [0.25, 0.3) is 0 Å². The number of aromatic nitrogens is 2. The summed E-state index contributed by atoms with van der Waals surface area (Å²) in [6.07, 6.45) is 7.37. The van der Waals surface area contributed by atoms with E-state index in [0.717, 1.165) is 31.5 Å². The van der Waals surface area contributed by atoms with E-state index in [0.29, 0.717) is 6.54 Å². The molecule has 0 bridgehead atoms. The summed E-state index contributed by atoms with van der Waals surface area (Å²) in [6, 6.07) is 10.6. The standard InChI is InChI=1S/C19H26N4O/c1-22(12-16-11-21-23(2)13-16)14-18(24)20-15-19(9-6-10-19)17-7-4-3-5-8-17/h3-5,7-8,11,13H,6,9-10,12,14-15H2,1-2H3,(H,20,24). The molecule has 0 unspecified atom stereocenters. The summed E-state index contributed by atoms with van der Waals surface area (Å²) in [5.41, 5.74) is 2.60. The fraction of sp³-hybridized carbons (Fsp3) is 0.474. The predicted octanol–water partition coefficient (Wildman–Crippen LogP) is 2.09. The lowest BCUT2D eigenvalue weighted by atomic mass is 9.64. The van der Waals surface area contributed by atoms with Crippen LogP contribution >= 0.6 is 0 Å². The van der Waals surface area contributed by atoms with Crippen LogP contribution in [0.4, 0.5) is 0 Å². The van der Waals surface area contributed by atoms with Crippen LogP contribution in [0.1, 0.15) is 30.4 Å². The van der Waals surface area contributed by atoms with Crippen LogP contribution in [-0.4, -0.2) is 40.7 Å². The van der Waals surface area contributed by atoms with E-state index in [9.17, 15) is 4.79 Å². The third kappa shape index (κ3) is 3.85. The molecule has 5 nitrogen and oxygen atoms in total. The number of nitrogens with zero attached hydrogens (tertiary/aromatic N) is 3. The minimum atomic E-state index is 0.0867. The molecular formula is C19H26N4O. The molecule has 0 spiro atoms. The molecule has 1 fully saturated rings. The van der Waals surface area contributed by atoms with Crippen LogP contribution in [0.15, 0.2) is 42.7 Å². The van der Waals surface area contributed by atoms with Crippen LogP contribution in [0, 0.1) is 0 Å². The average molecular weight is 326 g/mol. The number of hydrogen-bond acceptors (Lipinski definition) is 3. The second-order valence-corrected chi connectivity index (χ2v) is 6.97. The molecule has 1 heterocycles. The van der Waals surface area contributed by atoms with Gasteiger partial charge in [-0.2, -0.15) is 5.10 Å². The molecule has 1 aromatic carbocycles. The van der Waals surface area contributed by atoms with Crippen molar-refractivity contribution in [2.45, 2.75) is 31.2 Å². The van der Waals surface area contributed by atoms with Gasteiger partial charge in [0.25, 0.3) is 0 Å². The Balaban J connectivity index is 1.50. The maximum Gasteiger partial charge on any atom is 0.234 e. The zero-order valence-electron chi connectivity index (χ0n) is 14.5. The molecule has 1 saturated carbocycles. The molecule has 0 saturated heterocycles. The Kier molecular flexibility index (Phi) is 5.00. The maximum absolute atomic E-state index is 12.3. The van der Waals surface area contributed by atoms with Crippen molar-refractivity contribution in [1.29, 1.82) is 0 Å². The van der Waals surface area contributed by atoms with Crippen LogP contribution in [-0.2, 0) is 23.8 Å². The van der Waals surface area contributed by atoms with Crippen LogP contribution in [0.5, 0.6) is 0 Å². The highest BCUT2D eigenvalue weighted by atomic mass is 16.2. The monoisotopic (exact) mass is 326 g/mol. The Morgan fingerprint density at radius 3 is 2.67 bits per heavy atom. The quantitative estimate of drug-likeness (QED) is 0.848. The average Bonchev–Trinajstić information content (AvgIpc) is 2.92. The van der Waals surface area contributed by atoms with Crippen molar-refractivity contribution >= 4 is 5.91 Å². The van der Waals surface area contributed by atoms with E-state index < -0.39 is 0 Å². The zero-order chi connectivity index (χ0) is 17.0. The molecule has 0 aliphatic heterocycles. The fourth-order valence-corrected chi connectivity index (χ4v) is 3.45. The highest BCUT2D eigenvalue weighted by Gasteiger charge is 2.38. The van der Waals surface area contributed by atoms with Gasteiger partial charge in [0.15, 0.2) is 0 Å². The topological polar surface area (TPSA) is 50.2 Å². The number of rotatable bonds is 7. The minimum absolute atomic E-state index is 0.0867. The molecule has 1 aliphatic carbocycles. The number of hydrogen-bond donors (Lipinski definition) is 1. The van der Waals surface area contributed by atoms with Gasteiger partial charge < -0.3 is 5.32 Å². The predicted molar refractivity (Wildman–Crippen MR) is 94.5 cm³/mol. The highest BCUT2D eigenvalue weighted by molar-refractivity contribution is 5.78. The molecule has 128 valence electrons. The molecule has 24 heavy (non-hydrogen) atoms. The van der Waals surface area contributed by atoms with Gasteiger partial charge in [-0.3, -0.25) is 14.4 Å². The van der Waals surface area contributed by atoms with E-state index in [1.165, 1.54) is 12.0 Å². The summed E-state index contributed by atoms with van der Waals surface area (Å²) in [5.74, 6) is 0.0867. The van der Waals surface area contributed by atoms with Crippen LogP contribution in [0.3, 0.4) is 0 Å². The highest BCUT2D eigenvalue weighted by Crippen LogP contribution is 2.43. The number of carbonyl (C=O) groups excluding carboxylic acids is 1. The zero-order valence-corrected chi connectivity index (χ0v) is 14.5. The summed E-state index contributed by atoms with van der Waals surface area (Å²) in [5, 5.41) is 7.30. The molecule has 2 aromatic rings. The fourth-order valence-electron chi connectivity index (χ4n) is 3.45. The van der Waals surface area contributed by atoms with Gasteiger partial charge in [-0.1, -0.05) is 36.8 Å². The molecule has 0 radical (unpaired) electrons. The van der Waals surface area contributed by atoms with Crippen molar-refractivity contribution < 1.29 is 4.79 Å². The summed E-state index contributed by atoms with van der Waals surface area (Å²) in [7, 11) is 3.86. The van der Waals surface area contributed by atoms with Crippen molar-refractivity contribution in [2.75, 3.05) is 20.1 Å². The maximum atomic E-state index is 12.3. The van der Waals surface area contributed by atoms with Crippen LogP contribution in [0.2, 0.25) is 0 Å². The summed E-state index contributed by atoms with van der Waals surface area (Å²) >= 11 is 0. The first-order valence-electron chi connectivity index (χ1n) is 8.56. The summed E-state index contributed by atoms with van der Waals surface area (Å²) in [4.78, 5) is 14.3. The van der Waals surface area contributed by atoms with E-state index in [2.05, 4.69) is 34.7 Å². The molecule has 3 rings (SSSR count). The molecule has 1 aliphatic rings. The second-order valence-electron chi connectivity index (χ2n) is 6.97. The number of carbonyl (C=O) groups is 1. The molecule has 5 heteroatoms. The largest absolute Gasteiger partial charge is 0.354 e. The van der Waals surface area contributed by atoms with Gasteiger partial charge in [0, 0.05) is 37.3 Å². The van der Waals surface area contributed by atoms with E-state index in [-0.39, 0.29) is 11.3 Å². The number of benzene rings is 1. The second kappa shape index (κ2) is 7.18. The third-order valence-electron chi connectivity index (χ3n) is 4.95. The summed E-state index contributed by atoms with van der Waals surface area (Å²) in [6.45, 7) is 1.86. The Labute approximate surface area is 143 Å². The normalized spacial score (nSPS) is 16.0. The van der Waals surface area contributed by atoms with Gasteiger partial charge in [-0.15, -0.1) is 0 Å². The Morgan fingerprint density at radius 2 is 2.08 bits per heavy atom. The lowest BCUT2D eigenvalue weighted by Gasteiger charge is -2.42. The van der Waals surface area contributed by atoms with Gasteiger partial charge in [-0.05, 0) is 25.5 Å². The molecule has 0 atom stereocenters. The first kappa shape index (κ1) is 16.7. The van der Waals surface area contributed by atoms with Gasteiger partial charge >= 0.3 is 0 Å². The smallest absolute Gasteiger partial charge is 0.234 e. The van der Waals surface area contributed by atoms with Crippen molar-refractivity contribution in [3.63, 3.8) is 0 Å². The van der Waals surface area contributed by atoms with Crippen molar-refractivity contribution in [1.82, 2.24) is 20.0 Å². The number of amides is 1.